The summed E-state index contributed by atoms with van der Waals surface area (Å²) in [4.78, 5) is 52.0. The van der Waals surface area contributed by atoms with Crippen molar-refractivity contribution in [2.24, 2.45) is 0 Å². The lowest BCUT2D eigenvalue weighted by Crippen LogP contribution is -2.30. The summed E-state index contributed by atoms with van der Waals surface area (Å²) < 4.78 is 5.17. The van der Waals surface area contributed by atoms with Crippen molar-refractivity contribution in [3.05, 3.63) is 99.6 Å². The Kier molecular flexibility index (Phi) is 5.92. The van der Waals surface area contributed by atoms with Crippen molar-refractivity contribution in [3.63, 3.8) is 0 Å². The molecule has 0 fully saturated rings. The van der Waals surface area contributed by atoms with Crippen LogP contribution in [0.3, 0.4) is 0 Å². The van der Waals surface area contributed by atoms with E-state index in [1.807, 2.05) is 45.0 Å². The summed E-state index contributed by atoms with van der Waals surface area (Å²) in [6.45, 7) is 5.32. The molecule has 0 atom stereocenters. The van der Waals surface area contributed by atoms with Gasteiger partial charge in [-0.3, -0.25) is 14.4 Å². The number of aryl methyl sites for hydroxylation is 3. The Bertz CT molecular complexity index is 1290. The molecule has 0 aromatic heterocycles. The number of nitrogens with zero attached hydrogens (tertiary/aromatic N) is 1. The predicted molar refractivity (Wildman–Crippen MR) is 124 cm³/mol. The van der Waals surface area contributed by atoms with Crippen molar-refractivity contribution in [2.75, 3.05) is 11.5 Å². The quantitative estimate of drug-likeness (QED) is 0.315. The fourth-order valence-corrected chi connectivity index (χ4v) is 3.77. The third-order valence-electron chi connectivity index (χ3n) is 5.75. The van der Waals surface area contributed by atoms with Crippen LogP contribution in [0.15, 0.2) is 60.7 Å². The van der Waals surface area contributed by atoms with Crippen molar-refractivity contribution in [1.82, 2.24) is 0 Å². The van der Waals surface area contributed by atoms with E-state index in [4.69, 9.17) is 4.74 Å². The van der Waals surface area contributed by atoms with Crippen molar-refractivity contribution in [1.29, 1.82) is 0 Å². The van der Waals surface area contributed by atoms with Crippen LogP contribution in [0.5, 0.6) is 0 Å². The third kappa shape index (κ3) is 4.20. The smallest absolute Gasteiger partial charge is 0.338 e. The lowest BCUT2D eigenvalue weighted by atomic mass is 10.1. The molecule has 0 saturated carbocycles. The zero-order chi connectivity index (χ0) is 23.7. The molecular formula is C27H23NO5. The molecule has 0 bridgehead atoms. The van der Waals surface area contributed by atoms with Gasteiger partial charge in [0, 0.05) is 5.56 Å². The van der Waals surface area contributed by atoms with E-state index >= 15 is 0 Å². The average Bonchev–Trinajstić information content (AvgIpc) is 3.08. The highest BCUT2D eigenvalue weighted by Crippen LogP contribution is 2.31. The molecule has 2 amide bonds. The van der Waals surface area contributed by atoms with Crippen LogP contribution in [-0.4, -0.2) is 30.2 Å². The molecule has 0 N–H and O–H groups in total. The van der Waals surface area contributed by atoms with Crippen LogP contribution in [0.4, 0.5) is 5.69 Å². The molecule has 0 aliphatic carbocycles. The number of Topliss-reactive ketones (excluding diaryl/α,β-unsaturated/α-hetero) is 1. The van der Waals surface area contributed by atoms with Crippen LogP contribution in [0.2, 0.25) is 0 Å². The van der Waals surface area contributed by atoms with Crippen LogP contribution in [-0.2, 0) is 11.2 Å². The number of rotatable bonds is 6. The van der Waals surface area contributed by atoms with Gasteiger partial charge in [0.25, 0.3) is 11.8 Å². The number of hydrogen-bond donors (Lipinski definition) is 0. The van der Waals surface area contributed by atoms with E-state index in [1.54, 1.807) is 18.2 Å². The lowest BCUT2D eigenvalue weighted by molar-refractivity contribution is 0.0474. The molecule has 1 aliphatic heterocycles. The number of anilines is 1. The van der Waals surface area contributed by atoms with Crippen LogP contribution < -0.4 is 4.90 Å². The standard InChI is InChI=1S/C27H23NO5/c1-4-18-7-9-19(10-8-18)24(29)15-33-27(32)20-11-12-21-22(14-20)26(31)28(25(21)30)23-13-16(2)5-6-17(23)3/h5-14H,4,15H2,1-3H3. The lowest BCUT2D eigenvalue weighted by Gasteiger charge is -2.17. The van der Waals surface area contributed by atoms with Crippen LogP contribution in [0.1, 0.15) is 65.0 Å². The van der Waals surface area contributed by atoms with E-state index in [1.165, 1.54) is 18.2 Å². The minimum Gasteiger partial charge on any atom is -0.454 e. The molecular weight excluding hydrogens is 418 g/mol. The molecule has 0 saturated heterocycles. The highest BCUT2D eigenvalue weighted by Gasteiger charge is 2.38. The Hall–Kier alpha value is -4.06. The second-order valence-electron chi connectivity index (χ2n) is 8.05. The number of amides is 2. The summed E-state index contributed by atoms with van der Waals surface area (Å²) in [5, 5.41) is 0. The third-order valence-corrected chi connectivity index (χ3v) is 5.75. The van der Waals surface area contributed by atoms with Crippen LogP contribution in [0.25, 0.3) is 0 Å². The summed E-state index contributed by atoms with van der Waals surface area (Å²) >= 11 is 0. The fraction of sp³-hybridized carbons (Fsp3) is 0.185. The zero-order valence-electron chi connectivity index (χ0n) is 18.7. The van der Waals surface area contributed by atoms with Gasteiger partial charge in [-0.05, 0) is 61.2 Å². The molecule has 3 aromatic rings. The molecule has 33 heavy (non-hydrogen) atoms. The second-order valence-corrected chi connectivity index (χ2v) is 8.05. The highest BCUT2D eigenvalue weighted by molar-refractivity contribution is 6.35. The molecule has 4 rings (SSSR count). The number of ketones is 1. The summed E-state index contributed by atoms with van der Waals surface area (Å²) in [6, 6.07) is 16.9. The first-order valence-corrected chi connectivity index (χ1v) is 10.7. The largest absolute Gasteiger partial charge is 0.454 e. The first-order chi connectivity index (χ1) is 15.8. The SMILES string of the molecule is CCc1ccc(C(=O)COC(=O)c2ccc3c(c2)C(=O)N(c2cc(C)ccc2C)C3=O)cc1. The molecule has 0 unspecified atom stereocenters. The van der Waals surface area contributed by atoms with Crippen molar-refractivity contribution in [3.8, 4) is 0 Å². The molecule has 1 aliphatic rings. The summed E-state index contributed by atoms with van der Waals surface area (Å²) in [5.74, 6) is -1.99. The number of ether oxygens (including phenoxy) is 1. The van der Waals surface area contributed by atoms with Gasteiger partial charge in [-0.25, -0.2) is 9.69 Å². The number of carbonyl (C=O) groups is 4. The summed E-state index contributed by atoms with van der Waals surface area (Å²) in [7, 11) is 0. The number of hydrogen-bond acceptors (Lipinski definition) is 5. The van der Waals surface area contributed by atoms with E-state index in [0.717, 1.165) is 28.0 Å². The number of benzene rings is 3. The number of carbonyl (C=O) groups excluding carboxylic acids is 4. The van der Waals surface area contributed by atoms with E-state index in [-0.39, 0.29) is 22.5 Å². The first-order valence-electron chi connectivity index (χ1n) is 10.7. The van der Waals surface area contributed by atoms with Gasteiger partial charge in [-0.2, -0.15) is 0 Å². The number of imide groups is 1. The minimum absolute atomic E-state index is 0.104. The van der Waals surface area contributed by atoms with E-state index in [2.05, 4.69) is 0 Å². The van der Waals surface area contributed by atoms with E-state index in [9.17, 15) is 19.2 Å². The first kappa shape index (κ1) is 22.1. The molecule has 6 heteroatoms. The Balaban J connectivity index is 1.51. The van der Waals surface area contributed by atoms with Gasteiger partial charge in [-0.1, -0.05) is 43.3 Å². The Labute approximate surface area is 191 Å². The van der Waals surface area contributed by atoms with Gasteiger partial charge in [0.2, 0.25) is 0 Å². The second kappa shape index (κ2) is 8.82. The Morgan fingerprint density at radius 1 is 0.818 bits per heavy atom. The molecule has 1 heterocycles. The van der Waals surface area contributed by atoms with Crippen molar-refractivity contribution >= 4 is 29.3 Å². The minimum atomic E-state index is -0.734. The average molecular weight is 441 g/mol. The van der Waals surface area contributed by atoms with Crippen molar-refractivity contribution < 1.29 is 23.9 Å². The molecule has 3 aromatic carbocycles. The van der Waals surface area contributed by atoms with Gasteiger partial charge in [0.05, 0.1) is 22.4 Å². The van der Waals surface area contributed by atoms with Crippen LogP contribution in [0, 0.1) is 13.8 Å². The monoisotopic (exact) mass is 441 g/mol. The van der Waals surface area contributed by atoms with E-state index < -0.39 is 24.4 Å². The number of esters is 1. The molecule has 0 spiro atoms. The van der Waals surface area contributed by atoms with Gasteiger partial charge >= 0.3 is 5.97 Å². The van der Waals surface area contributed by atoms with Gasteiger partial charge in [0.1, 0.15) is 0 Å². The predicted octanol–water partition coefficient (Wildman–Crippen LogP) is 4.71. The van der Waals surface area contributed by atoms with Crippen molar-refractivity contribution in [2.45, 2.75) is 27.2 Å². The van der Waals surface area contributed by atoms with Gasteiger partial charge in [-0.15, -0.1) is 0 Å². The molecule has 166 valence electrons. The number of fused-ring (bicyclic) bond motifs is 1. The fourth-order valence-electron chi connectivity index (χ4n) is 3.77. The maximum Gasteiger partial charge on any atom is 0.338 e. The normalized spacial score (nSPS) is 12.6. The Morgan fingerprint density at radius 3 is 2.18 bits per heavy atom. The molecule has 6 nitrogen and oxygen atoms in total. The summed E-state index contributed by atoms with van der Waals surface area (Å²) in [5.41, 5.74) is 4.26. The molecule has 0 radical (unpaired) electrons. The highest BCUT2D eigenvalue weighted by atomic mass is 16.5. The van der Waals surface area contributed by atoms with Gasteiger partial charge < -0.3 is 4.74 Å². The maximum absolute atomic E-state index is 13.0. The summed E-state index contributed by atoms with van der Waals surface area (Å²) in [6.07, 6.45) is 0.865. The Morgan fingerprint density at radius 2 is 1.48 bits per heavy atom. The zero-order valence-corrected chi connectivity index (χ0v) is 18.7. The topological polar surface area (TPSA) is 80.8 Å². The maximum atomic E-state index is 13.0. The van der Waals surface area contributed by atoms with E-state index in [0.29, 0.717) is 11.3 Å². The van der Waals surface area contributed by atoms with Gasteiger partial charge in [0.15, 0.2) is 12.4 Å². The van der Waals surface area contributed by atoms with Crippen LogP contribution >= 0.6 is 0 Å².